The average molecular weight is 415 g/mol. The molecule has 2 aliphatic heterocycles. The van der Waals surface area contributed by atoms with Gasteiger partial charge in [0.05, 0.1) is 23.7 Å². The fourth-order valence-electron chi connectivity index (χ4n) is 3.37. The number of carbonyl (C=O) groups is 2. The molecule has 0 saturated carbocycles. The lowest BCUT2D eigenvalue weighted by molar-refractivity contribution is -0.136. The van der Waals surface area contributed by atoms with Crippen LogP contribution in [0.1, 0.15) is 11.3 Å². The summed E-state index contributed by atoms with van der Waals surface area (Å²) in [4.78, 5) is 32.3. The first-order valence-electron chi connectivity index (χ1n) is 9.41. The molecule has 0 spiro atoms. The van der Waals surface area contributed by atoms with Crippen molar-refractivity contribution in [2.75, 3.05) is 39.4 Å². The predicted molar refractivity (Wildman–Crippen MR) is 112 cm³/mol. The molecule has 0 atom stereocenters. The van der Waals surface area contributed by atoms with Crippen LogP contribution in [0.3, 0.4) is 0 Å². The Hall–Kier alpha value is -1.93. The molecular weight excluding hydrogens is 392 g/mol. The molecule has 0 unspecified atom stereocenters. The van der Waals surface area contributed by atoms with Crippen LogP contribution >= 0.6 is 23.1 Å². The van der Waals surface area contributed by atoms with Crippen LogP contribution in [0.25, 0.3) is 5.57 Å². The number of benzene rings is 1. The smallest absolute Gasteiger partial charge is 0.268 e. The molecule has 1 saturated heterocycles. The van der Waals surface area contributed by atoms with Gasteiger partial charge in [0.1, 0.15) is 0 Å². The number of thiophene rings is 1. The minimum atomic E-state index is -0.177. The van der Waals surface area contributed by atoms with E-state index in [1.54, 1.807) is 0 Å². The topological polar surface area (TPSA) is 49.9 Å². The van der Waals surface area contributed by atoms with E-state index >= 15 is 0 Å². The van der Waals surface area contributed by atoms with Crippen LogP contribution in [0.5, 0.6) is 0 Å². The Morgan fingerprint density at radius 3 is 2.46 bits per heavy atom. The Labute approximate surface area is 173 Å². The molecule has 0 bridgehead atoms. The third-order valence-corrected chi connectivity index (χ3v) is 6.79. The highest BCUT2D eigenvalue weighted by molar-refractivity contribution is 8.04. The lowest BCUT2D eigenvalue weighted by Crippen LogP contribution is -2.39. The maximum Gasteiger partial charge on any atom is 0.268 e. The molecule has 3 heterocycles. The Bertz CT molecular complexity index is 859. The number of rotatable bonds is 7. The largest absolute Gasteiger partial charge is 0.379 e. The summed E-state index contributed by atoms with van der Waals surface area (Å²) in [6.07, 6.45) is 0.776. The molecule has 4 rings (SSSR count). The highest BCUT2D eigenvalue weighted by Crippen LogP contribution is 2.40. The van der Waals surface area contributed by atoms with Gasteiger partial charge >= 0.3 is 0 Å². The molecule has 7 heteroatoms. The van der Waals surface area contributed by atoms with E-state index in [0.29, 0.717) is 17.0 Å². The van der Waals surface area contributed by atoms with Gasteiger partial charge in [-0.1, -0.05) is 36.0 Å². The van der Waals surface area contributed by atoms with Crippen molar-refractivity contribution >= 4 is 40.5 Å². The lowest BCUT2D eigenvalue weighted by Gasteiger charge is -2.27. The summed E-state index contributed by atoms with van der Waals surface area (Å²) in [5, 5.41) is 1.94. The van der Waals surface area contributed by atoms with Gasteiger partial charge in [0.2, 0.25) is 0 Å². The second-order valence-electron chi connectivity index (χ2n) is 6.67. The molecular formula is C21H22N2O3S2. The van der Waals surface area contributed by atoms with Crippen molar-refractivity contribution in [2.24, 2.45) is 0 Å². The third-order valence-electron chi connectivity index (χ3n) is 4.82. The van der Waals surface area contributed by atoms with E-state index in [1.165, 1.54) is 28.0 Å². The molecule has 0 aliphatic carbocycles. The SMILES string of the molecule is O=C1C(Sc2ccccc2)=C(c2cccs2)C(=O)N1CCCN1CCOCC1. The van der Waals surface area contributed by atoms with E-state index in [-0.39, 0.29) is 11.8 Å². The predicted octanol–water partition coefficient (Wildman–Crippen LogP) is 3.34. The minimum Gasteiger partial charge on any atom is -0.379 e. The van der Waals surface area contributed by atoms with Crippen LogP contribution in [0.15, 0.2) is 57.6 Å². The van der Waals surface area contributed by atoms with Crippen molar-refractivity contribution in [3.05, 3.63) is 57.6 Å². The van der Waals surface area contributed by atoms with Gasteiger partial charge in [0, 0.05) is 36.0 Å². The molecule has 28 heavy (non-hydrogen) atoms. The second kappa shape index (κ2) is 9.05. The summed E-state index contributed by atoms with van der Waals surface area (Å²) in [7, 11) is 0. The zero-order valence-corrected chi connectivity index (χ0v) is 17.1. The van der Waals surface area contributed by atoms with Gasteiger partial charge in [-0.25, -0.2) is 0 Å². The number of imide groups is 1. The van der Waals surface area contributed by atoms with Gasteiger partial charge in [-0.3, -0.25) is 19.4 Å². The van der Waals surface area contributed by atoms with Gasteiger partial charge in [0.15, 0.2) is 0 Å². The normalized spacial score (nSPS) is 18.4. The fraction of sp³-hybridized carbons (Fsp3) is 0.333. The second-order valence-corrected chi connectivity index (χ2v) is 8.70. The third kappa shape index (κ3) is 4.22. The molecule has 2 aromatic rings. The van der Waals surface area contributed by atoms with Crippen molar-refractivity contribution in [3.8, 4) is 0 Å². The molecule has 1 aromatic heterocycles. The molecule has 0 radical (unpaired) electrons. The summed E-state index contributed by atoms with van der Waals surface area (Å²) >= 11 is 2.88. The van der Waals surface area contributed by atoms with Crippen LogP contribution in [0.2, 0.25) is 0 Å². The summed E-state index contributed by atoms with van der Waals surface area (Å²) in [5.41, 5.74) is 0.542. The molecule has 146 valence electrons. The monoisotopic (exact) mass is 414 g/mol. The van der Waals surface area contributed by atoms with Crippen molar-refractivity contribution < 1.29 is 14.3 Å². The summed E-state index contributed by atoms with van der Waals surface area (Å²) in [6.45, 7) is 4.65. The molecule has 1 aromatic carbocycles. The van der Waals surface area contributed by atoms with E-state index < -0.39 is 0 Å². The number of amides is 2. The summed E-state index contributed by atoms with van der Waals surface area (Å²) in [5.74, 6) is -0.350. The van der Waals surface area contributed by atoms with Crippen LogP contribution in [0, 0.1) is 0 Å². The standard InChI is InChI=1S/C21H22N2O3S2/c24-20-18(17-8-4-15-27-17)19(28-16-6-2-1-3-7-16)21(25)23(20)10-5-9-22-11-13-26-14-12-22/h1-4,6-8,15H,5,9-14H2. The van der Waals surface area contributed by atoms with E-state index in [2.05, 4.69) is 4.90 Å². The Kier molecular flexibility index (Phi) is 6.26. The Morgan fingerprint density at radius 2 is 1.75 bits per heavy atom. The first-order valence-corrected chi connectivity index (χ1v) is 11.1. The minimum absolute atomic E-state index is 0.173. The maximum atomic E-state index is 13.1. The Morgan fingerprint density at radius 1 is 0.964 bits per heavy atom. The number of thioether (sulfide) groups is 1. The van der Waals surface area contributed by atoms with Crippen LogP contribution in [-0.4, -0.2) is 61.0 Å². The van der Waals surface area contributed by atoms with Gasteiger partial charge < -0.3 is 4.74 Å². The zero-order chi connectivity index (χ0) is 19.3. The van der Waals surface area contributed by atoms with Crippen molar-refractivity contribution in [2.45, 2.75) is 11.3 Å². The fourth-order valence-corrected chi connectivity index (χ4v) is 5.23. The first-order chi connectivity index (χ1) is 13.7. The van der Waals surface area contributed by atoms with Gasteiger partial charge in [-0.05, 0) is 30.0 Å². The molecule has 5 nitrogen and oxygen atoms in total. The van der Waals surface area contributed by atoms with Crippen LogP contribution in [0.4, 0.5) is 0 Å². The molecule has 1 fully saturated rings. The number of nitrogens with zero attached hydrogens (tertiary/aromatic N) is 2. The molecule has 2 aliphatic rings. The first kappa shape index (κ1) is 19.4. The lowest BCUT2D eigenvalue weighted by atomic mass is 10.2. The van der Waals surface area contributed by atoms with E-state index in [9.17, 15) is 9.59 Å². The van der Waals surface area contributed by atoms with E-state index in [0.717, 1.165) is 49.0 Å². The number of hydrogen-bond acceptors (Lipinski definition) is 6. The zero-order valence-electron chi connectivity index (χ0n) is 15.5. The van der Waals surface area contributed by atoms with E-state index in [4.69, 9.17) is 4.74 Å². The number of ether oxygens (including phenoxy) is 1. The maximum absolute atomic E-state index is 13.1. The van der Waals surface area contributed by atoms with E-state index in [1.807, 2.05) is 47.8 Å². The summed E-state index contributed by atoms with van der Waals surface area (Å²) in [6, 6.07) is 13.6. The number of carbonyl (C=O) groups excluding carboxylic acids is 2. The Balaban J connectivity index is 1.50. The number of morpholine rings is 1. The van der Waals surface area contributed by atoms with Crippen molar-refractivity contribution in [3.63, 3.8) is 0 Å². The van der Waals surface area contributed by atoms with Crippen molar-refractivity contribution in [1.29, 1.82) is 0 Å². The van der Waals surface area contributed by atoms with Crippen LogP contribution < -0.4 is 0 Å². The average Bonchev–Trinajstić information content (AvgIpc) is 3.32. The number of hydrogen-bond donors (Lipinski definition) is 0. The highest BCUT2D eigenvalue weighted by Gasteiger charge is 2.39. The van der Waals surface area contributed by atoms with Crippen LogP contribution in [-0.2, 0) is 14.3 Å². The van der Waals surface area contributed by atoms with Crippen molar-refractivity contribution in [1.82, 2.24) is 9.80 Å². The van der Waals surface area contributed by atoms with Gasteiger partial charge in [0.25, 0.3) is 11.8 Å². The van der Waals surface area contributed by atoms with Gasteiger partial charge in [-0.15, -0.1) is 11.3 Å². The molecule has 0 N–H and O–H groups in total. The summed E-state index contributed by atoms with van der Waals surface area (Å²) < 4.78 is 5.37. The quantitative estimate of drug-likeness (QED) is 0.651. The molecule has 2 amide bonds. The van der Waals surface area contributed by atoms with Gasteiger partial charge in [-0.2, -0.15) is 0 Å². The highest BCUT2D eigenvalue weighted by atomic mass is 32.2.